The first-order valence-corrected chi connectivity index (χ1v) is 8.68. The van der Waals surface area contributed by atoms with Crippen LogP contribution in [0.3, 0.4) is 0 Å². The minimum absolute atomic E-state index is 0.0221. The summed E-state index contributed by atoms with van der Waals surface area (Å²) in [7, 11) is -3.08. The van der Waals surface area contributed by atoms with Gasteiger partial charge in [-0.3, -0.25) is 4.98 Å². The van der Waals surface area contributed by atoms with E-state index in [0.717, 1.165) is 17.8 Å². The van der Waals surface area contributed by atoms with Crippen LogP contribution in [0.15, 0.2) is 18.3 Å². The molecule has 0 bridgehead atoms. The van der Waals surface area contributed by atoms with E-state index in [9.17, 15) is 8.42 Å². The van der Waals surface area contributed by atoms with Crippen LogP contribution in [0.5, 0.6) is 0 Å². The van der Waals surface area contributed by atoms with Crippen LogP contribution in [0.1, 0.15) is 25.1 Å². The number of anilines is 1. The number of rotatable bonds is 4. The second-order valence-electron chi connectivity index (χ2n) is 5.11. The molecular weight excluding hydrogens is 276 g/mol. The van der Waals surface area contributed by atoms with Crippen LogP contribution in [0, 0.1) is 0 Å². The molecule has 0 spiro atoms. The molecule has 1 aliphatic rings. The van der Waals surface area contributed by atoms with Gasteiger partial charge in [0, 0.05) is 32.2 Å². The fraction of sp³-hybridized carbons (Fsp3) is 0.615. The van der Waals surface area contributed by atoms with Crippen LogP contribution in [0.4, 0.5) is 5.69 Å². The zero-order valence-electron chi connectivity index (χ0n) is 12.0. The Morgan fingerprint density at radius 3 is 2.40 bits per heavy atom. The van der Waals surface area contributed by atoms with E-state index < -0.39 is 10.0 Å². The van der Waals surface area contributed by atoms with E-state index in [4.69, 9.17) is 5.73 Å². The van der Waals surface area contributed by atoms with Gasteiger partial charge in [0.15, 0.2) is 0 Å². The fourth-order valence-corrected chi connectivity index (χ4v) is 3.12. The number of piperazine rings is 1. The van der Waals surface area contributed by atoms with Crippen molar-refractivity contribution in [1.29, 1.82) is 0 Å². The highest BCUT2D eigenvalue weighted by atomic mass is 32.2. The van der Waals surface area contributed by atoms with Crippen molar-refractivity contribution >= 4 is 15.7 Å². The van der Waals surface area contributed by atoms with Gasteiger partial charge in [0.1, 0.15) is 0 Å². The first kappa shape index (κ1) is 15.2. The summed E-state index contributed by atoms with van der Waals surface area (Å²) in [6.07, 6.45) is 3.94. The van der Waals surface area contributed by atoms with Gasteiger partial charge in [-0.15, -0.1) is 0 Å². The van der Waals surface area contributed by atoms with Crippen molar-refractivity contribution in [1.82, 2.24) is 9.29 Å². The molecule has 0 radical (unpaired) electrons. The Morgan fingerprint density at radius 2 is 1.95 bits per heavy atom. The summed E-state index contributed by atoms with van der Waals surface area (Å²) in [6, 6.07) is 3.94. The molecule has 1 saturated heterocycles. The molecule has 1 aromatic heterocycles. The molecule has 1 aromatic rings. The Bertz CT molecular complexity index is 536. The molecule has 1 fully saturated rings. The minimum atomic E-state index is -3.08. The molecule has 112 valence electrons. The van der Waals surface area contributed by atoms with E-state index in [-0.39, 0.29) is 6.04 Å². The predicted molar refractivity (Wildman–Crippen MR) is 80.1 cm³/mol. The maximum atomic E-state index is 11.5. The van der Waals surface area contributed by atoms with E-state index >= 15 is 0 Å². The summed E-state index contributed by atoms with van der Waals surface area (Å²) < 4.78 is 24.4. The number of hydrogen-bond donors (Lipinski definition) is 1. The zero-order valence-corrected chi connectivity index (χ0v) is 12.8. The van der Waals surface area contributed by atoms with E-state index in [1.54, 1.807) is 0 Å². The Hall–Kier alpha value is -1.18. The Morgan fingerprint density at radius 1 is 1.30 bits per heavy atom. The quantitative estimate of drug-likeness (QED) is 0.879. The summed E-state index contributed by atoms with van der Waals surface area (Å²) in [5.74, 6) is 0. The van der Waals surface area contributed by atoms with Crippen molar-refractivity contribution in [3.05, 3.63) is 24.0 Å². The van der Waals surface area contributed by atoms with Crippen LogP contribution in [-0.2, 0) is 10.0 Å². The van der Waals surface area contributed by atoms with Crippen LogP contribution in [0.2, 0.25) is 0 Å². The lowest BCUT2D eigenvalue weighted by atomic mass is 10.1. The lowest BCUT2D eigenvalue weighted by molar-refractivity contribution is 0.388. The maximum Gasteiger partial charge on any atom is 0.211 e. The van der Waals surface area contributed by atoms with E-state index in [2.05, 4.69) is 9.88 Å². The second-order valence-corrected chi connectivity index (χ2v) is 7.09. The number of hydrogen-bond acceptors (Lipinski definition) is 5. The van der Waals surface area contributed by atoms with Gasteiger partial charge in [-0.1, -0.05) is 6.92 Å². The third kappa shape index (κ3) is 3.47. The van der Waals surface area contributed by atoms with Gasteiger partial charge in [-0.2, -0.15) is 4.31 Å². The largest absolute Gasteiger partial charge is 0.368 e. The summed E-state index contributed by atoms with van der Waals surface area (Å²) in [5, 5.41) is 0. The molecule has 0 amide bonds. The van der Waals surface area contributed by atoms with Gasteiger partial charge < -0.3 is 10.6 Å². The molecular formula is C13H22N4O2S. The third-order valence-corrected chi connectivity index (χ3v) is 4.97. The standard InChI is InChI=1S/C13H22N4O2S/c1-3-12(14)13-5-4-11(10-15-13)16-6-8-17(9-7-16)20(2,18)19/h4-5,10,12H,3,6-9,14H2,1-2H3/t12-/m0/s1. The van der Waals surface area contributed by atoms with E-state index in [1.807, 2.05) is 25.3 Å². The van der Waals surface area contributed by atoms with Gasteiger partial charge in [0.25, 0.3) is 0 Å². The topological polar surface area (TPSA) is 79.5 Å². The third-order valence-electron chi connectivity index (χ3n) is 3.66. The number of sulfonamides is 1. The summed E-state index contributed by atoms with van der Waals surface area (Å²) >= 11 is 0. The van der Waals surface area contributed by atoms with Crippen molar-refractivity contribution in [3.63, 3.8) is 0 Å². The zero-order chi connectivity index (χ0) is 14.8. The van der Waals surface area contributed by atoms with Crippen LogP contribution in [-0.4, -0.2) is 50.1 Å². The summed E-state index contributed by atoms with van der Waals surface area (Å²) in [4.78, 5) is 6.54. The summed E-state index contributed by atoms with van der Waals surface area (Å²) in [5.41, 5.74) is 7.85. The number of pyridine rings is 1. The number of nitrogens with zero attached hydrogens (tertiary/aromatic N) is 3. The molecule has 2 heterocycles. The molecule has 2 N–H and O–H groups in total. The molecule has 20 heavy (non-hydrogen) atoms. The van der Waals surface area contributed by atoms with Crippen molar-refractivity contribution in [2.24, 2.45) is 5.73 Å². The van der Waals surface area contributed by atoms with Crippen LogP contribution < -0.4 is 10.6 Å². The van der Waals surface area contributed by atoms with Gasteiger partial charge >= 0.3 is 0 Å². The summed E-state index contributed by atoms with van der Waals surface area (Å²) in [6.45, 7) is 4.45. The Labute approximate surface area is 120 Å². The van der Waals surface area contributed by atoms with Crippen molar-refractivity contribution in [2.75, 3.05) is 37.3 Å². The van der Waals surface area contributed by atoms with Crippen molar-refractivity contribution in [3.8, 4) is 0 Å². The van der Waals surface area contributed by atoms with Crippen molar-refractivity contribution < 1.29 is 8.42 Å². The molecule has 1 atom stereocenters. The Kier molecular flexibility index (Phi) is 4.62. The highest BCUT2D eigenvalue weighted by Gasteiger charge is 2.23. The van der Waals surface area contributed by atoms with E-state index in [1.165, 1.54) is 10.6 Å². The number of nitrogens with two attached hydrogens (primary N) is 1. The van der Waals surface area contributed by atoms with Crippen molar-refractivity contribution in [2.45, 2.75) is 19.4 Å². The molecule has 0 aliphatic carbocycles. The second kappa shape index (κ2) is 6.07. The SMILES string of the molecule is CC[C@H](N)c1ccc(N2CCN(S(C)(=O)=O)CC2)cn1. The predicted octanol–water partition coefficient (Wildman–Crippen LogP) is 0.573. The maximum absolute atomic E-state index is 11.5. The fourth-order valence-electron chi connectivity index (χ4n) is 2.29. The lowest BCUT2D eigenvalue weighted by Crippen LogP contribution is -2.48. The average molecular weight is 298 g/mol. The number of aromatic nitrogens is 1. The first-order chi connectivity index (χ1) is 9.41. The van der Waals surface area contributed by atoms with Gasteiger partial charge in [-0.05, 0) is 18.6 Å². The first-order valence-electron chi connectivity index (χ1n) is 6.83. The van der Waals surface area contributed by atoms with Crippen LogP contribution in [0.25, 0.3) is 0 Å². The molecule has 6 nitrogen and oxygen atoms in total. The van der Waals surface area contributed by atoms with Crippen LogP contribution >= 0.6 is 0 Å². The highest BCUT2D eigenvalue weighted by molar-refractivity contribution is 7.88. The highest BCUT2D eigenvalue weighted by Crippen LogP contribution is 2.19. The van der Waals surface area contributed by atoms with Gasteiger partial charge in [0.2, 0.25) is 10.0 Å². The normalized spacial score (nSPS) is 19.1. The monoisotopic (exact) mass is 298 g/mol. The molecule has 0 unspecified atom stereocenters. The Balaban J connectivity index is 2.00. The molecule has 7 heteroatoms. The molecule has 0 aromatic carbocycles. The molecule has 2 rings (SSSR count). The molecule has 1 aliphatic heterocycles. The van der Waals surface area contributed by atoms with Gasteiger partial charge in [-0.25, -0.2) is 8.42 Å². The minimum Gasteiger partial charge on any atom is -0.368 e. The average Bonchev–Trinajstić information content (AvgIpc) is 2.46. The smallest absolute Gasteiger partial charge is 0.211 e. The van der Waals surface area contributed by atoms with Gasteiger partial charge in [0.05, 0.1) is 23.8 Å². The van der Waals surface area contributed by atoms with E-state index in [0.29, 0.717) is 26.2 Å². The molecule has 0 saturated carbocycles. The lowest BCUT2D eigenvalue weighted by Gasteiger charge is -2.34.